The summed E-state index contributed by atoms with van der Waals surface area (Å²) in [6.45, 7) is 0. The van der Waals surface area contributed by atoms with Crippen LogP contribution in [0.3, 0.4) is 0 Å². The first-order chi connectivity index (χ1) is 8.16. The van der Waals surface area contributed by atoms with Crippen molar-refractivity contribution >= 4 is 5.97 Å². The summed E-state index contributed by atoms with van der Waals surface area (Å²) in [6.07, 6.45) is 3.14. The summed E-state index contributed by atoms with van der Waals surface area (Å²) in [5.41, 5.74) is 1.25. The monoisotopic (exact) mass is 235 g/mol. The zero-order valence-electron chi connectivity index (χ0n) is 8.84. The highest BCUT2D eigenvalue weighted by Gasteiger charge is 2.21. The normalized spacial score (nSPS) is 12.3. The van der Waals surface area contributed by atoms with Crippen molar-refractivity contribution in [3.63, 3.8) is 0 Å². The summed E-state index contributed by atoms with van der Waals surface area (Å²) in [6, 6.07) is 5.45. The number of hydrogen-bond donors (Lipinski definition) is 1. The van der Waals surface area contributed by atoms with Gasteiger partial charge in [-0.1, -0.05) is 17.3 Å². The Morgan fingerprint density at radius 1 is 1.41 bits per heavy atom. The first-order valence-corrected chi connectivity index (χ1v) is 5.03. The first-order valence-electron chi connectivity index (χ1n) is 5.03. The van der Waals surface area contributed by atoms with E-state index in [1.807, 2.05) is 0 Å². The molecule has 2 rings (SSSR count). The van der Waals surface area contributed by atoms with Crippen molar-refractivity contribution in [2.75, 3.05) is 0 Å². The second-order valence-electron chi connectivity index (χ2n) is 3.68. The Balaban J connectivity index is 2.23. The number of aliphatic carboxylic acids is 1. The van der Waals surface area contributed by atoms with Gasteiger partial charge in [-0.2, -0.15) is 0 Å². The fraction of sp³-hybridized carbons (Fsp3) is 0.167. The molecule has 88 valence electrons. The average molecular weight is 235 g/mol. The van der Waals surface area contributed by atoms with Crippen LogP contribution in [0.4, 0.5) is 4.39 Å². The van der Waals surface area contributed by atoms with Gasteiger partial charge in [-0.05, 0) is 24.1 Å². The van der Waals surface area contributed by atoms with E-state index in [-0.39, 0.29) is 12.2 Å². The Hall–Kier alpha value is -2.17. The molecule has 0 aliphatic rings. The minimum absolute atomic E-state index is 0.268. The predicted octanol–water partition coefficient (Wildman–Crippen LogP) is 2.22. The Bertz CT molecular complexity index is 493. The van der Waals surface area contributed by atoms with E-state index in [0.29, 0.717) is 11.1 Å². The lowest BCUT2D eigenvalue weighted by atomic mass is 9.93. The Morgan fingerprint density at radius 3 is 2.65 bits per heavy atom. The minimum Gasteiger partial charge on any atom is -0.481 e. The molecular weight excluding hydrogens is 225 g/mol. The number of halogens is 1. The van der Waals surface area contributed by atoms with E-state index in [1.54, 1.807) is 0 Å². The third-order valence-corrected chi connectivity index (χ3v) is 2.49. The molecule has 1 heterocycles. The molecule has 2 aromatic rings. The molecule has 5 heteroatoms. The summed E-state index contributed by atoms with van der Waals surface area (Å²) >= 11 is 0. The highest BCUT2D eigenvalue weighted by molar-refractivity contribution is 5.76. The molecule has 1 N–H and O–H groups in total. The Labute approximate surface area is 96.7 Å². The highest BCUT2D eigenvalue weighted by Crippen LogP contribution is 2.21. The lowest BCUT2D eigenvalue weighted by Gasteiger charge is -2.11. The number of carboxylic acid groups (broad SMARTS) is 1. The minimum atomic E-state index is -0.960. The molecule has 0 spiro atoms. The largest absolute Gasteiger partial charge is 0.481 e. The predicted molar refractivity (Wildman–Crippen MR) is 57.0 cm³/mol. The molecule has 1 aromatic heterocycles. The molecule has 0 amide bonds. The van der Waals surface area contributed by atoms with E-state index in [9.17, 15) is 9.18 Å². The second-order valence-corrected chi connectivity index (χ2v) is 3.68. The number of rotatable bonds is 4. The summed E-state index contributed by atoms with van der Waals surface area (Å²) in [4.78, 5) is 11.2. The van der Waals surface area contributed by atoms with Crippen molar-refractivity contribution in [3.05, 3.63) is 53.7 Å². The van der Waals surface area contributed by atoms with Gasteiger partial charge in [-0.3, -0.25) is 4.79 Å². The van der Waals surface area contributed by atoms with E-state index in [4.69, 9.17) is 5.11 Å². The van der Waals surface area contributed by atoms with Crippen molar-refractivity contribution in [1.82, 2.24) is 5.16 Å². The van der Waals surface area contributed by atoms with Gasteiger partial charge in [-0.15, -0.1) is 0 Å². The third kappa shape index (κ3) is 2.69. The van der Waals surface area contributed by atoms with Crippen molar-refractivity contribution in [2.24, 2.45) is 0 Å². The number of hydrogen-bond acceptors (Lipinski definition) is 3. The maximum absolute atomic E-state index is 12.8. The first kappa shape index (κ1) is 11.3. The summed E-state index contributed by atoms with van der Waals surface area (Å²) < 4.78 is 17.4. The van der Waals surface area contributed by atoms with Crippen LogP contribution in [0.5, 0.6) is 0 Å². The molecular formula is C12H10FNO3. The van der Waals surface area contributed by atoms with Crippen LogP contribution in [-0.2, 0) is 11.2 Å². The Kier molecular flexibility index (Phi) is 3.18. The molecule has 0 radical (unpaired) electrons. The van der Waals surface area contributed by atoms with Crippen molar-refractivity contribution < 1.29 is 18.8 Å². The topological polar surface area (TPSA) is 63.3 Å². The molecule has 4 nitrogen and oxygen atoms in total. The van der Waals surface area contributed by atoms with E-state index >= 15 is 0 Å². The number of carboxylic acids is 1. The van der Waals surface area contributed by atoms with Crippen molar-refractivity contribution in [3.8, 4) is 0 Å². The van der Waals surface area contributed by atoms with Gasteiger partial charge in [-0.25, -0.2) is 4.39 Å². The zero-order valence-corrected chi connectivity index (χ0v) is 8.84. The molecule has 0 saturated heterocycles. The standard InChI is InChI=1S/C12H10FNO3/c13-10-3-1-9(2-4-10)11(12(15)16)5-8-6-14-17-7-8/h1-4,6-7,11H,5H2,(H,15,16). The third-order valence-electron chi connectivity index (χ3n) is 2.49. The fourth-order valence-electron chi connectivity index (χ4n) is 1.61. The summed E-state index contributed by atoms with van der Waals surface area (Å²) in [5.74, 6) is -2.07. The summed E-state index contributed by atoms with van der Waals surface area (Å²) in [5, 5.41) is 12.7. The smallest absolute Gasteiger partial charge is 0.311 e. The van der Waals surface area contributed by atoms with E-state index in [2.05, 4.69) is 9.68 Å². The van der Waals surface area contributed by atoms with Crippen LogP contribution in [-0.4, -0.2) is 16.2 Å². The van der Waals surface area contributed by atoms with Gasteiger partial charge in [0, 0.05) is 5.56 Å². The molecule has 1 atom stereocenters. The van der Waals surface area contributed by atoms with E-state index in [1.165, 1.54) is 36.7 Å². The Morgan fingerprint density at radius 2 is 2.12 bits per heavy atom. The molecule has 0 fully saturated rings. The van der Waals surface area contributed by atoms with E-state index in [0.717, 1.165) is 0 Å². The lowest BCUT2D eigenvalue weighted by Crippen LogP contribution is -2.14. The van der Waals surface area contributed by atoms with Crippen LogP contribution < -0.4 is 0 Å². The second kappa shape index (κ2) is 4.78. The molecule has 17 heavy (non-hydrogen) atoms. The van der Waals surface area contributed by atoms with Gasteiger partial charge in [0.2, 0.25) is 0 Å². The van der Waals surface area contributed by atoms with Gasteiger partial charge in [0.1, 0.15) is 12.1 Å². The van der Waals surface area contributed by atoms with Gasteiger partial charge in [0.25, 0.3) is 0 Å². The van der Waals surface area contributed by atoms with Gasteiger partial charge in [0.05, 0.1) is 12.1 Å². The molecule has 0 saturated carbocycles. The van der Waals surface area contributed by atoms with Gasteiger partial charge in [0.15, 0.2) is 0 Å². The van der Waals surface area contributed by atoms with Crippen LogP contribution >= 0.6 is 0 Å². The number of carbonyl (C=O) groups is 1. The van der Waals surface area contributed by atoms with Crippen LogP contribution in [0, 0.1) is 5.82 Å². The molecule has 1 aromatic carbocycles. The maximum atomic E-state index is 12.8. The lowest BCUT2D eigenvalue weighted by molar-refractivity contribution is -0.138. The maximum Gasteiger partial charge on any atom is 0.311 e. The molecule has 1 unspecified atom stereocenters. The number of benzene rings is 1. The van der Waals surface area contributed by atoms with Crippen LogP contribution in [0.25, 0.3) is 0 Å². The van der Waals surface area contributed by atoms with Crippen LogP contribution in [0.2, 0.25) is 0 Å². The molecule has 0 aliphatic carbocycles. The molecule has 0 aliphatic heterocycles. The number of nitrogens with zero attached hydrogens (tertiary/aromatic N) is 1. The highest BCUT2D eigenvalue weighted by atomic mass is 19.1. The van der Waals surface area contributed by atoms with Gasteiger partial charge >= 0.3 is 5.97 Å². The SMILES string of the molecule is O=C(O)C(Cc1cnoc1)c1ccc(F)cc1. The fourth-order valence-corrected chi connectivity index (χ4v) is 1.61. The van der Waals surface area contributed by atoms with E-state index < -0.39 is 11.9 Å². The summed E-state index contributed by atoms with van der Waals surface area (Å²) in [7, 11) is 0. The average Bonchev–Trinajstić information content (AvgIpc) is 2.80. The quantitative estimate of drug-likeness (QED) is 0.882. The number of aromatic nitrogens is 1. The molecule has 0 bridgehead atoms. The van der Waals surface area contributed by atoms with Crippen molar-refractivity contribution in [1.29, 1.82) is 0 Å². The zero-order chi connectivity index (χ0) is 12.3. The van der Waals surface area contributed by atoms with Gasteiger partial charge < -0.3 is 9.63 Å². The van der Waals surface area contributed by atoms with Crippen LogP contribution in [0.15, 0.2) is 41.2 Å². The van der Waals surface area contributed by atoms with Crippen LogP contribution in [0.1, 0.15) is 17.0 Å². The van der Waals surface area contributed by atoms with Crippen molar-refractivity contribution in [2.45, 2.75) is 12.3 Å².